The van der Waals surface area contributed by atoms with E-state index in [2.05, 4.69) is 148 Å². The maximum absolute atomic E-state index is 13.0. The van der Waals surface area contributed by atoms with E-state index < -0.39 is 24.3 Å². The maximum Gasteiger partial charge on any atom is 0.306 e. The Morgan fingerprint density at radius 3 is 0.842 bits per heavy atom. The lowest BCUT2D eigenvalue weighted by atomic mass is 10.0. The molecule has 0 aromatic heterocycles. The predicted octanol–water partition coefficient (Wildman–Crippen LogP) is 26.3. The predicted molar refractivity (Wildman–Crippen MR) is 435 cm³/mol. The number of ether oxygens (including phenoxy) is 4. The van der Waals surface area contributed by atoms with Crippen LogP contribution in [-0.2, 0) is 33.3 Å². The molecule has 0 aromatic carbocycles. The molecule has 0 saturated heterocycles. The maximum atomic E-state index is 13.0. The van der Waals surface area contributed by atoms with Crippen molar-refractivity contribution in [1.82, 2.24) is 0 Å². The Hall–Kier alpha value is -4.57. The van der Waals surface area contributed by atoms with E-state index in [1.165, 1.54) is 231 Å². The number of quaternary nitrogens is 1. The van der Waals surface area contributed by atoms with E-state index >= 15 is 0 Å². The van der Waals surface area contributed by atoms with Crippen LogP contribution in [0.15, 0.2) is 134 Å². The van der Waals surface area contributed by atoms with E-state index in [9.17, 15) is 19.5 Å². The number of unbranched alkanes of at least 4 members (excludes halogenated alkanes) is 41. The zero-order chi connectivity index (χ0) is 73.2. The van der Waals surface area contributed by atoms with Gasteiger partial charge in [0.15, 0.2) is 12.4 Å². The number of nitrogens with zero attached hydrogens (tertiary/aromatic N) is 1. The SMILES string of the molecule is CC/C=C\C/C=C\C/C=C\C/C=C\C/C=C\C/C=C\C/C=C\C/C=C\C/C=C\CCCCCCCCCCCC(=O)OC(COC(=O)CCCCCCCCCCCCCCCCCCCCCCCCCCCCC/C=C\C/C=C\CCCCCCC)COC(OCC[N+](C)(C)C)C(=O)[O-]. The van der Waals surface area contributed by atoms with E-state index in [1.54, 1.807) is 0 Å². The molecule has 0 aliphatic rings. The average molecular weight is 1410 g/mol. The van der Waals surface area contributed by atoms with Gasteiger partial charge in [0.05, 0.1) is 40.3 Å². The molecule has 0 amide bonds. The first kappa shape index (κ1) is 96.4. The third-order valence-corrected chi connectivity index (χ3v) is 18.4. The molecule has 101 heavy (non-hydrogen) atoms. The van der Waals surface area contributed by atoms with Crippen molar-refractivity contribution in [3.05, 3.63) is 134 Å². The second-order valence-corrected chi connectivity index (χ2v) is 29.4. The molecule has 0 fully saturated rings. The number of rotatable bonds is 78. The number of carboxylic acid groups (broad SMARTS) is 1. The summed E-state index contributed by atoms with van der Waals surface area (Å²) in [5.41, 5.74) is 0. The summed E-state index contributed by atoms with van der Waals surface area (Å²) in [4.78, 5) is 37.7. The molecule has 0 aromatic rings. The number of carboxylic acids is 1. The highest BCUT2D eigenvalue weighted by Crippen LogP contribution is 2.19. The van der Waals surface area contributed by atoms with Gasteiger partial charge in [0.25, 0.3) is 0 Å². The van der Waals surface area contributed by atoms with Crippen molar-refractivity contribution in [2.24, 2.45) is 0 Å². The van der Waals surface area contributed by atoms with Crippen LogP contribution in [-0.4, -0.2) is 82.3 Å². The van der Waals surface area contributed by atoms with Crippen molar-refractivity contribution < 1.29 is 42.9 Å². The van der Waals surface area contributed by atoms with Crippen molar-refractivity contribution >= 4 is 17.9 Å². The van der Waals surface area contributed by atoms with Crippen molar-refractivity contribution in [3.8, 4) is 0 Å². The van der Waals surface area contributed by atoms with Crippen LogP contribution in [0, 0.1) is 0 Å². The van der Waals surface area contributed by atoms with Gasteiger partial charge in [-0.3, -0.25) is 9.59 Å². The van der Waals surface area contributed by atoms with Crippen LogP contribution in [0.3, 0.4) is 0 Å². The monoisotopic (exact) mass is 1410 g/mol. The summed E-state index contributed by atoms with van der Waals surface area (Å²) < 4.78 is 22.9. The summed E-state index contributed by atoms with van der Waals surface area (Å²) >= 11 is 0. The van der Waals surface area contributed by atoms with E-state index in [0.29, 0.717) is 17.4 Å². The van der Waals surface area contributed by atoms with Crippen LogP contribution in [0.4, 0.5) is 0 Å². The van der Waals surface area contributed by atoms with Gasteiger partial charge in [-0.2, -0.15) is 0 Å². The van der Waals surface area contributed by atoms with Gasteiger partial charge in [-0.15, -0.1) is 0 Å². The van der Waals surface area contributed by atoms with Gasteiger partial charge < -0.3 is 33.3 Å². The molecule has 9 heteroatoms. The first-order valence-corrected chi connectivity index (χ1v) is 42.3. The number of hydrogen-bond acceptors (Lipinski definition) is 8. The topological polar surface area (TPSA) is 111 Å². The first-order valence-electron chi connectivity index (χ1n) is 42.3. The molecular weight excluding hydrogens is 1250 g/mol. The zero-order valence-electron chi connectivity index (χ0n) is 66.5. The molecule has 0 aliphatic heterocycles. The minimum atomic E-state index is -1.63. The molecule has 0 radical (unpaired) electrons. The lowest BCUT2D eigenvalue weighted by molar-refractivity contribution is -0.870. The van der Waals surface area contributed by atoms with Crippen molar-refractivity contribution in [2.45, 2.75) is 386 Å². The number of aliphatic carboxylic acids is 1. The van der Waals surface area contributed by atoms with Crippen LogP contribution in [0.25, 0.3) is 0 Å². The number of carbonyl (C=O) groups excluding carboxylic acids is 3. The fourth-order valence-electron chi connectivity index (χ4n) is 12.0. The molecule has 9 nitrogen and oxygen atoms in total. The third kappa shape index (κ3) is 82.6. The summed E-state index contributed by atoms with van der Waals surface area (Å²) in [5.74, 6) is -2.28. The highest BCUT2D eigenvalue weighted by molar-refractivity contribution is 5.70. The van der Waals surface area contributed by atoms with Gasteiger partial charge in [-0.1, -0.05) is 379 Å². The smallest absolute Gasteiger partial charge is 0.306 e. The molecule has 2 atom stereocenters. The van der Waals surface area contributed by atoms with Crippen LogP contribution in [0.1, 0.15) is 373 Å². The summed E-state index contributed by atoms with van der Waals surface area (Å²) in [5, 5.41) is 11.9. The average Bonchev–Trinajstić information content (AvgIpc) is 1.25. The first-order chi connectivity index (χ1) is 49.6. The fourth-order valence-corrected chi connectivity index (χ4v) is 12.0. The molecule has 0 heterocycles. The molecule has 0 spiro atoms. The fraction of sp³-hybridized carbons (Fsp3) is 0.728. The van der Waals surface area contributed by atoms with E-state index in [-0.39, 0.29) is 38.6 Å². The molecular formula is C92H159NO8. The summed E-state index contributed by atoms with van der Waals surface area (Å²) in [6, 6.07) is 0. The van der Waals surface area contributed by atoms with Crippen LogP contribution in [0.5, 0.6) is 0 Å². The Morgan fingerprint density at radius 2 is 0.564 bits per heavy atom. The van der Waals surface area contributed by atoms with Crippen molar-refractivity contribution in [2.75, 3.05) is 47.5 Å². The second kappa shape index (κ2) is 81.1. The Labute approximate surface area is 624 Å². The lowest BCUT2D eigenvalue weighted by Crippen LogP contribution is -2.44. The Bertz CT molecular complexity index is 2130. The van der Waals surface area contributed by atoms with E-state index in [1.807, 2.05) is 21.1 Å². The minimum Gasteiger partial charge on any atom is -0.545 e. The van der Waals surface area contributed by atoms with E-state index in [4.69, 9.17) is 18.9 Å². The minimum absolute atomic E-state index is 0.142. The van der Waals surface area contributed by atoms with Gasteiger partial charge in [0, 0.05) is 12.8 Å². The molecule has 0 bridgehead atoms. The molecule has 0 rings (SSSR count). The molecule has 2 unspecified atom stereocenters. The number of hydrogen-bond donors (Lipinski definition) is 0. The Kier molecular flexibility index (Phi) is 77.4. The van der Waals surface area contributed by atoms with Gasteiger partial charge in [0.2, 0.25) is 0 Å². The standard InChI is InChI=1S/C92H159NO8/c1-6-8-10-12-14-16-18-20-22-24-26-28-30-32-34-36-38-40-42-44-45-47-48-50-52-54-56-58-60-62-64-66-68-70-72-74-76-78-80-82-89(94)99-86-88(87-100-92(91(96)97)98-85-84-93(3,4)5)101-90(95)83-81-79-77-75-73-71-69-67-65-63-61-59-57-55-53-51-49-46-43-41-39-37-35-33-31-29-27-25-23-21-19-17-15-13-11-9-7-2/h9,11,15,17-18,20-21,23-24,26-27,29,33,35,39,41,46,49,53,55,59,61,88,92H,6-8,10,12-14,16,19,22,25,28,30-32,34,36-38,40,42-45,47-48,50-52,54,56-58,60,62-87H2,1-5H3/b11-9-,17-15-,20-18-,23-21-,26-24-,29-27-,35-33-,41-39-,49-46-,55-53-,61-59-. The quantitative estimate of drug-likeness (QED) is 0.0195. The molecule has 0 N–H and O–H groups in total. The molecule has 580 valence electrons. The van der Waals surface area contributed by atoms with Gasteiger partial charge in [-0.05, 0) is 116 Å². The summed E-state index contributed by atoms with van der Waals surface area (Å²) in [7, 11) is 5.94. The summed E-state index contributed by atoms with van der Waals surface area (Å²) in [6.45, 7) is 4.65. The van der Waals surface area contributed by atoms with Crippen LogP contribution < -0.4 is 5.11 Å². The number of likely N-dealkylation sites (N-methyl/N-ethyl adjacent to an activating group) is 1. The lowest BCUT2D eigenvalue weighted by Gasteiger charge is -2.26. The van der Waals surface area contributed by atoms with Gasteiger partial charge in [0.1, 0.15) is 13.2 Å². The zero-order valence-corrected chi connectivity index (χ0v) is 66.5. The number of esters is 2. The molecule has 0 saturated carbocycles. The molecule has 0 aliphatic carbocycles. The highest BCUT2D eigenvalue weighted by atomic mass is 16.7. The highest BCUT2D eigenvalue weighted by Gasteiger charge is 2.22. The van der Waals surface area contributed by atoms with Crippen molar-refractivity contribution in [1.29, 1.82) is 0 Å². The largest absolute Gasteiger partial charge is 0.545 e. The normalized spacial score (nSPS) is 13.3. The van der Waals surface area contributed by atoms with Gasteiger partial charge >= 0.3 is 11.9 Å². The van der Waals surface area contributed by atoms with Crippen molar-refractivity contribution in [3.63, 3.8) is 0 Å². The number of carbonyl (C=O) groups is 3. The Balaban J connectivity index is 4.02. The number of allylic oxidation sites excluding steroid dienone is 22. The van der Waals surface area contributed by atoms with Crippen LogP contribution in [0.2, 0.25) is 0 Å². The van der Waals surface area contributed by atoms with E-state index in [0.717, 1.165) is 109 Å². The third-order valence-electron chi connectivity index (χ3n) is 18.4. The Morgan fingerprint density at radius 1 is 0.307 bits per heavy atom. The summed E-state index contributed by atoms with van der Waals surface area (Å²) in [6.07, 6.45) is 114. The second-order valence-electron chi connectivity index (χ2n) is 29.4. The van der Waals surface area contributed by atoms with Gasteiger partial charge in [-0.25, -0.2) is 0 Å². The van der Waals surface area contributed by atoms with Crippen LogP contribution >= 0.6 is 0 Å².